The smallest absolute Gasteiger partial charge is 1.00 e. The molecule has 0 unspecified atom stereocenters. The van der Waals surface area contributed by atoms with Crippen LogP contribution in [0.5, 0.6) is 0 Å². The van der Waals surface area contributed by atoms with Crippen molar-refractivity contribution in [1.29, 1.82) is 0 Å². The second-order valence-corrected chi connectivity index (χ2v) is 2.91. The predicted octanol–water partition coefficient (Wildman–Crippen LogP) is -6.29. The zero-order valence-corrected chi connectivity index (χ0v) is 20.1. The summed E-state index contributed by atoms with van der Waals surface area (Å²) < 4.78 is 0. The molecule has 0 aliphatic heterocycles. The number of unbranched alkanes of at least 4 members (excludes halogenated alkanes) is 5. The van der Waals surface area contributed by atoms with Gasteiger partial charge < -0.3 is 10.6 Å². The van der Waals surface area contributed by atoms with Gasteiger partial charge in [-0.25, -0.2) is 0 Å². The molecule has 0 saturated carbocycles. The monoisotopic (exact) mass is 291 g/mol. The van der Waals surface area contributed by atoms with Crippen LogP contribution < -0.4 is 154 Å². The number of carboxylic acid groups (broad SMARTS) is 1. The van der Waals surface area contributed by atoms with Crippen molar-refractivity contribution < 1.29 is 170 Å². The Morgan fingerprint density at radius 1 is 0.933 bits per heavy atom. The maximum absolute atomic E-state index is 10.1. The Kier molecular flexibility index (Phi) is 56.6. The van der Waals surface area contributed by atoms with Gasteiger partial charge in [-0.05, 0) is 6.42 Å². The van der Waals surface area contributed by atoms with Gasteiger partial charge in [-0.1, -0.05) is 39.0 Å². The number of hydrogen-bond donors (Lipinski definition) is 1. The SMILES string of the molecule is CCCCCCCCC(=O)O.[K+].[K+].[K+].[O-2]. The van der Waals surface area contributed by atoms with Crippen LogP contribution in [0, 0.1) is 0 Å². The summed E-state index contributed by atoms with van der Waals surface area (Å²) in [4.78, 5) is 10.1. The van der Waals surface area contributed by atoms with E-state index in [4.69, 9.17) is 5.11 Å². The van der Waals surface area contributed by atoms with Gasteiger partial charge in [0.25, 0.3) is 0 Å². The number of rotatable bonds is 7. The Morgan fingerprint density at radius 3 is 1.73 bits per heavy atom. The van der Waals surface area contributed by atoms with Gasteiger partial charge in [-0.15, -0.1) is 0 Å². The molecule has 0 radical (unpaired) electrons. The Hall–Kier alpha value is 4.34. The molecule has 0 aromatic rings. The average molecular weight is 292 g/mol. The van der Waals surface area contributed by atoms with E-state index in [1.807, 2.05) is 0 Å². The molecule has 3 nitrogen and oxygen atoms in total. The quantitative estimate of drug-likeness (QED) is 0.375. The first-order valence-electron chi connectivity index (χ1n) is 4.49. The molecule has 0 atom stereocenters. The second kappa shape index (κ2) is 26.8. The third-order valence-corrected chi connectivity index (χ3v) is 1.74. The molecule has 6 heteroatoms. The molecule has 0 rings (SSSR count). The molecular formula is C9H18K3O3+. The summed E-state index contributed by atoms with van der Waals surface area (Å²) in [5.74, 6) is -0.666. The first-order valence-corrected chi connectivity index (χ1v) is 4.49. The fourth-order valence-corrected chi connectivity index (χ4v) is 1.06. The maximum Gasteiger partial charge on any atom is 1.00 e. The van der Waals surface area contributed by atoms with Crippen molar-refractivity contribution in [2.75, 3.05) is 0 Å². The van der Waals surface area contributed by atoms with Crippen molar-refractivity contribution >= 4 is 5.97 Å². The van der Waals surface area contributed by atoms with Gasteiger partial charge in [0, 0.05) is 6.42 Å². The Morgan fingerprint density at radius 2 is 1.33 bits per heavy atom. The van der Waals surface area contributed by atoms with Crippen molar-refractivity contribution in [3.63, 3.8) is 0 Å². The van der Waals surface area contributed by atoms with Crippen LogP contribution >= 0.6 is 0 Å². The van der Waals surface area contributed by atoms with E-state index in [1.54, 1.807) is 0 Å². The van der Waals surface area contributed by atoms with Gasteiger partial charge in [0.1, 0.15) is 0 Å². The molecular weight excluding hydrogens is 273 g/mol. The predicted molar refractivity (Wildman–Crippen MR) is 46.3 cm³/mol. The van der Waals surface area contributed by atoms with Crippen LogP contribution in [0.4, 0.5) is 0 Å². The van der Waals surface area contributed by atoms with Crippen LogP contribution in [-0.2, 0) is 10.3 Å². The van der Waals surface area contributed by atoms with Gasteiger partial charge in [-0.2, -0.15) is 0 Å². The number of aliphatic carboxylic acids is 1. The zero-order valence-electron chi connectivity index (χ0n) is 10.7. The minimum absolute atomic E-state index is 0. The topological polar surface area (TPSA) is 65.8 Å². The van der Waals surface area contributed by atoms with Crippen LogP contribution in [0.25, 0.3) is 0 Å². The normalized spacial score (nSPS) is 7.27. The van der Waals surface area contributed by atoms with Crippen molar-refractivity contribution in [3.8, 4) is 0 Å². The molecule has 0 aliphatic carbocycles. The largest absolute Gasteiger partial charge is 2.00 e. The van der Waals surface area contributed by atoms with E-state index < -0.39 is 5.97 Å². The molecule has 0 aromatic heterocycles. The fraction of sp³-hybridized carbons (Fsp3) is 0.889. The van der Waals surface area contributed by atoms with Gasteiger partial charge in [0.15, 0.2) is 0 Å². The first-order chi connectivity index (χ1) is 5.27. The molecule has 0 aromatic carbocycles. The Labute approximate surface area is 221 Å². The Balaban J connectivity index is -0.0000000833. The Bertz CT molecular complexity index is 113. The fourth-order valence-electron chi connectivity index (χ4n) is 1.06. The summed E-state index contributed by atoms with van der Waals surface area (Å²) in [5.41, 5.74) is 0. The van der Waals surface area contributed by atoms with E-state index in [0.29, 0.717) is 6.42 Å². The summed E-state index contributed by atoms with van der Waals surface area (Å²) in [7, 11) is 0. The van der Waals surface area contributed by atoms with Crippen molar-refractivity contribution in [2.45, 2.75) is 51.9 Å². The van der Waals surface area contributed by atoms with Gasteiger partial charge in [-0.3, -0.25) is 4.79 Å². The van der Waals surface area contributed by atoms with Crippen molar-refractivity contribution in [3.05, 3.63) is 0 Å². The first kappa shape index (κ1) is 31.6. The number of carbonyl (C=O) groups is 1. The molecule has 0 amide bonds. The van der Waals surface area contributed by atoms with Crippen LogP contribution in [0.1, 0.15) is 51.9 Å². The van der Waals surface area contributed by atoms with Crippen LogP contribution in [0.3, 0.4) is 0 Å². The van der Waals surface area contributed by atoms with Crippen LogP contribution in [0.2, 0.25) is 0 Å². The third-order valence-electron chi connectivity index (χ3n) is 1.74. The summed E-state index contributed by atoms with van der Waals surface area (Å²) in [6.07, 6.45) is 7.25. The molecule has 0 heterocycles. The van der Waals surface area contributed by atoms with Crippen molar-refractivity contribution in [2.24, 2.45) is 0 Å². The second-order valence-electron chi connectivity index (χ2n) is 2.91. The summed E-state index contributed by atoms with van der Waals surface area (Å²) in [5, 5.41) is 8.32. The van der Waals surface area contributed by atoms with Gasteiger partial charge in [0.2, 0.25) is 0 Å². The number of hydrogen-bond acceptors (Lipinski definition) is 1. The molecule has 15 heavy (non-hydrogen) atoms. The van der Waals surface area contributed by atoms with Crippen molar-refractivity contribution in [1.82, 2.24) is 0 Å². The minimum atomic E-state index is -0.666. The van der Waals surface area contributed by atoms with Crippen LogP contribution in [0.15, 0.2) is 0 Å². The molecule has 0 aliphatic rings. The van der Waals surface area contributed by atoms with E-state index in [9.17, 15) is 4.79 Å². The third kappa shape index (κ3) is 32.2. The molecule has 0 spiro atoms. The average Bonchev–Trinajstić information content (AvgIpc) is 1.96. The van der Waals surface area contributed by atoms with Gasteiger partial charge >= 0.3 is 160 Å². The number of carboxylic acids is 1. The molecule has 74 valence electrons. The maximum atomic E-state index is 10.1. The van der Waals surface area contributed by atoms with Crippen LogP contribution in [-0.4, -0.2) is 11.1 Å². The van der Waals surface area contributed by atoms with E-state index in [0.717, 1.165) is 12.8 Å². The van der Waals surface area contributed by atoms with E-state index in [2.05, 4.69) is 6.92 Å². The molecule has 0 fully saturated rings. The summed E-state index contributed by atoms with van der Waals surface area (Å²) in [6, 6.07) is 0. The molecule has 1 N–H and O–H groups in total. The van der Waals surface area contributed by atoms with E-state index >= 15 is 0 Å². The van der Waals surface area contributed by atoms with Gasteiger partial charge in [0.05, 0.1) is 0 Å². The minimum Gasteiger partial charge on any atom is -2.00 e. The van der Waals surface area contributed by atoms with E-state index in [1.165, 1.54) is 25.7 Å². The summed E-state index contributed by atoms with van der Waals surface area (Å²) >= 11 is 0. The molecule has 0 saturated heterocycles. The molecule has 0 bridgehead atoms. The van der Waals surface area contributed by atoms with E-state index in [-0.39, 0.29) is 160 Å². The summed E-state index contributed by atoms with van der Waals surface area (Å²) in [6.45, 7) is 2.18. The zero-order chi connectivity index (χ0) is 8.53. The standard InChI is InChI=1S/C9H18O2.3K.O/c1-2-3-4-5-6-7-8-9(10)11;;;;/h2-8H2,1H3,(H,10,11);;;;/q;3*+1;-2.